The molecule has 1 aromatic rings. The van der Waals surface area contributed by atoms with Crippen molar-refractivity contribution >= 4 is 11.6 Å². The number of nitrogens with two attached hydrogens (primary N) is 1. The van der Waals surface area contributed by atoms with Gasteiger partial charge in [0.25, 0.3) is 0 Å². The van der Waals surface area contributed by atoms with Crippen LogP contribution in [0.4, 0.5) is 0 Å². The molecule has 1 saturated heterocycles. The van der Waals surface area contributed by atoms with Gasteiger partial charge in [-0.1, -0.05) is 11.6 Å². The highest BCUT2D eigenvalue weighted by Crippen LogP contribution is 2.16. The minimum absolute atomic E-state index is 0.375. The van der Waals surface area contributed by atoms with Crippen molar-refractivity contribution in [2.75, 3.05) is 26.2 Å². The third-order valence-corrected chi connectivity index (χ3v) is 3.66. The summed E-state index contributed by atoms with van der Waals surface area (Å²) in [4.78, 5) is 11.1. The van der Waals surface area contributed by atoms with Crippen LogP contribution < -0.4 is 5.73 Å². The second-order valence-electron chi connectivity index (χ2n) is 5.24. The van der Waals surface area contributed by atoms with E-state index < -0.39 is 0 Å². The van der Waals surface area contributed by atoms with Crippen LogP contribution in [0, 0.1) is 6.92 Å². The Balaban J connectivity index is 1.76. The molecule has 0 atom stereocenters. The van der Waals surface area contributed by atoms with Gasteiger partial charge in [-0.2, -0.15) is 0 Å². The minimum atomic E-state index is 0.375. The quantitative estimate of drug-likeness (QED) is 0.640. The molecule has 0 saturated carbocycles. The van der Waals surface area contributed by atoms with E-state index in [9.17, 15) is 0 Å². The lowest BCUT2D eigenvalue weighted by molar-refractivity contribution is 0.00514. The van der Waals surface area contributed by atoms with Crippen molar-refractivity contribution in [3.63, 3.8) is 0 Å². The molecule has 0 aromatic carbocycles. The summed E-state index contributed by atoms with van der Waals surface area (Å²) in [5.74, 6) is 0.803. The van der Waals surface area contributed by atoms with Gasteiger partial charge >= 0.3 is 0 Å². The standard InChI is InChI=1S/C14H23ClN4O/c1-11-9-13(15)18-14(17-11)10-19-6-3-12(4-7-19)20-8-2-5-16/h9,12H,2-8,10,16H2,1H3. The number of hydrogen-bond acceptors (Lipinski definition) is 5. The number of ether oxygens (including phenoxy) is 1. The van der Waals surface area contributed by atoms with Gasteiger partial charge in [-0.15, -0.1) is 0 Å². The molecule has 0 spiro atoms. The van der Waals surface area contributed by atoms with Crippen LogP contribution in [-0.2, 0) is 11.3 Å². The summed E-state index contributed by atoms with van der Waals surface area (Å²) in [6.45, 7) is 6.21. The van der Waals surface area contributed by atoms with Crippen LogP contribution in [0.2, 0.25) is 5.15 Å². The van der Waals surface area contributed by atoms with Crippen molar-refractivity contribution in [3.8, 4) is 0 Å². The third kappa shape index (κ3) is 4.98. The average Bonchev–Trinajstić information content (AvgIpc) is 2.40. The first-order valence-corrected chi connectivity index (χ1v) is 7.59. The van der Waals surface area contributed by atoms with Crippen LogP contribution in [0.15, 0.2) is 6.07 Å². The lowest BCUT2D eigenvalue weighted by Crippen LogP contribution is -2.37. The monoisotopic (exact) mass is 298 g/mol. The Morgan fingerprint density at radius 3 is 2.80 bits per heavy atom. The highest BCUT2D eigenvalue weighted by atomic mass is 35.5. The molecule has 2 heterocycles. The van der Waals surface area contributed by atoms with E-state index >= 15 is 0 Å². The zero-order chi connectivity index (χ0) is 14.4. The molecule has 0 unspecified atom stereocenters. The summed E-state index contributed by atoms with van der Waals surface area (Å²) >= 11 is 5.96. The summed E-state index contributed by atoms with van der Waals surface area (Å²) in [5.41, 5.74) is 6.38. The molecule has 20 heavy (non-hydrogen) atoms. The van der Waals surface area contributed by atoms with E-state index in [0.717, 1.165) is 57.0 Å². The smallest absolute Gasteiger partial charge is 0.144 e. The highest BCUT2D eigenvalue weighted by molar-refractivity contribution is 6.29. The van der Waals surface area contributed by atoms with Crippen molar-refractivity contribution in [1.82, 2.24) is 14.9 Å². The summed E-state index contributed by atoms with van der Waals surface area (Å²) in [5, 5.41) is 0.521. The van der Waals surface area contributed by atoms with Gasteiger partial charge in [0.1, 0.15) is 11.0 Å². The van der Waals surface area contributed by atoms with E-state index in [4.69, 9.17) is 22.1 Å². The molecule has 1 fully saturated rings. The normalized spacial score (nSPS) is 17.6. The van der Waals surface area contributed by atoms with Crippen molar-refractivity contribution in [2.45, 2.75) is 38.8 Å². The number of hydrogen-bond donors (Lipinski definition) is 1. The first-order valence-electron chi connectivity index (χ1n) is 7.21. The lowest BCUT2D eigenvalue weighted by Gasteiger charge is -2.31. The van der Waals surface area contributed by atoms with Gasteiger partial charge in [0, 0.05) is 25.4 Å². The largest absolute Gasteiger partial charge is 0.378 e. The number of aromatic nitrogens is 2. The molecule has 6 heteroatoms. The molecule has 1 aliphatic heterocycles. The number of rotatable bonds is 6. The Kier molecular flexibility index (Phi) is 6.16. The summed E-state index contributed by atoms with van der Waals surface area (Å²) in [6, 6.07) is 1.78. The number of halogens is 1. The van der Waals surface area contributed by atoms with Gasteiger partial charge in [-0.05, 0) is 38.8 Å². The van der Waals surface area contributed by atoms with Gasteiger partial charge in [0.2, 0.25) is 0 Å². The zero-order valence-electron chi connectivity index (χ0n) is 12.0. The Bertz CT molecular complexity index is 401. The molecular formula is C14H23ClN4O. The molecular weight excluding hydrogens is 276 g/mol. The minimum Gasteiger partial charge on any atom is -0.378 e. The van der Waals surface area contributed by atoms with Crippen molar-refractivity contribution in [3.05, 3.63) is 22.7 Å². The summed E-state index contributed by atoms with van der Waals surface area (Å²) in [7, 11) is 0. The number of nitrogens with zero attached hydrogens (tertiary/aromatic N) is 3. The van der Waals surface area contributed by atoms with E-state index in [1.807, 2.05) is 6.92 Å². The second-order valence-corrected chi connectivity index (χ2v) is 5.62. The van der Waals surface area contributed by atoms with Crippen LogP contribution in [0.3, 0.4) is 0 Å². The molecule has 1 aromatic heterocycles. The summed E-state index contributed by atoms with van der Waals surface area (Å²) in [6.07, 6.45) is 3.43. The Morgan fingerprint density at radius 2 is 2.15 bits per heavy atom. The van der Waals surface area contributed by atoms with Crippen molar-refractivity contribution in [1.29, 1.82) is 0 Å². The number of aryl methyl sites for hydroxylation is 1. The number of likely N-dealkylation sites (tertiary alicyclic amines) is 1. The van der Waals surface area contributed by atoms with Crippen LogP contribution in [-0.4, -0.2) is 47.2 Å². The van der Waals surface area contributed by atoms with Crippen LogP contribution >= 0.6 is 11.6 Å². The van der Waals surface area contributed by atoms with E-state index in [1.54, 1.807) is 6.07 Å². The van der Waals surface area contributed by atoms with E-state index in [2.05, 4.69) is 14.9 Å². The van der Waals surface area contributed by atoms with Gasteiger partial charge in [-0.3, -0.25) is 4.90 Å². The predicted molar refractivity (Wildman–Crippen MR) is 79.7 cm³/mol. The van der Waals surface area contributed by atoms with Crippen molar-refractivity contribution < 1.29 is 4.74 Å². The molecule has 0 aliphatic carbocycles. The Morgan fingerprint density at radius 1 is 1.40 bits per heavy atom. The SMILES string of the molecule is Cc1cc(Cl)nc(CN2CCC(OCCCN)CC2)n1. The molecule has 1 aliphatic rings. The van der Waals surface area contributed by atoms with Gasteiger partial charge in [-0.25, -0.2) is 9.97 Å². The Hall–Kier alpha value is -0.750. The highest BCUT2D eigenvalue weighted by Gasteiger charge is 2.20. The number of piperidine rings is 1. The fourth-order valence-electron chi connectivity index (χ4n) is 2.43. The van der Waals surface area contributed by atoms with Crippen LogP contribution in [0.1, 0.15) is 30.8 Å². The van der Waals surface area contributed by atoms with E-state index in [0.29, 0.717) is 17.8 Å². The molecule has 2 rings (SSSR count). The average molecular weight is 299 g/mol. The molecule has 0 amide bonds. The van der Waals surface area contributed by atoms with Crippen LogP contribution in [0.25, 0.3) is 0 Å². The predicted octanol–water partition coefficient (Wildman–Crippen LogP) is 1.77. The van der Waals surface area contributed by atoms with Crippen LogP contribution in [0.5, 0.6) is 0 Å². The maximum Gasteiger partial charge on any atom is 0.144 e. The fraction of sp³-hybridized carbons (Fsp3) is 0.714. The maximum absolute atomic E-state index is 5.96. The van der Waals surface area contributed by atoms with Gasteiger partial charge in [0.15, 0.2) is 0 Å². The van der Waals surface area contributed by atoms with Gasteiger partial charge in [0.05, 0.1) is 12.6 Å². The summed E-state index contributed by atoms with van der Waals surface area (Å²) < 4.78 is 5.80. The molecule has 5 nitrogen and oxygen atoms in total. The van der Waals surface area contributed by atoms with E-state index in [-0.39, 0.29) is 0 Å². The second kappa shape index (κ2) is 7.88. The van der Waals surface area contributed by atoms with Gasteiger partial charge < -0.3 is 10.5 Å². The Labute approximate surface area is 125 Å². The third-order valence-electron chi connectivity index (χ3n) is 3.47. The first kappa shape index (κ1) is 15.6. The zero-order valence-corrected chi connectivity index (χ0v) is 12.8. The topological polar surface area (TPSA) is 64.3 Å². The lowest BCUT2D eigenvalue weighted by atomic mass is 10.1. The molecule has 2 N–H and O–H groups in total. The molecule has 0 radical (unpaired) electrons. The van der Waals surface area contributed by atoms with E-state index in [1.165, 1.54) is 0 Å². The molecule has 0 bridgehead atoms. The molecule has 112 valence electrons. The fourth-order valence-corrected chi connectivity index (χ4v) is 2.68. The maximum atomic E-state index is 5.96. The van der Waals surface area contributed by atoms with Crippen molar-refractivity contribution in [2.24, 2.45) is 5.73 Å². The first-order chi connectivity index (χ1) is 9.67.